The van der Waals surface area contributed by atoms with Crippen LogP contribution in [0.25, 0.3) is 118 Å². The zero-order valence-corrected chi connectivity index (χ0v) is 37.0. The monoisotopic (exact) mass is 885 g/mol. The predicted molar refractivity (Wildman–Crippen MR) is 276 cm³/mol. The van der Waals surface area contributed by atoms with Gasteiger partial charge in [0.15, 0.2) is 0 Å². The van der Waals surface area contributed by atoms with Gasteiger partial charge in [-0.15, -0.1) is 0 Å². The molecule has 0 bridgehead atoms. The van der Waals surface area contributed by atoms with Crippen LogP contribution in [0.4, 0.5) is 0 Å². The molecule has 6 heterocycles. The summed E-state index contributed by atoms with van der Waals surface area (Å²) < 4.78 is 6.78. The third-order valence-corrected chi connectivity index (χ3v) is 12.8. The van der Waals surface area contributed by atoms with Crippen molar-refractivity contribution in [3.05, 3.63) is 237 Å². The highest BCUT2D eigenvalue weighted by molar-refractivity contribution is 5.92. The molecule has 69 heavy (non-hydrogen) atoms. The van der Waals surface area contributed by atoms with E-state index in [0.29, 0.717) is 0 Å². The smallest absolute Gasteiger partial charge is 0.145 e. The first-order valence-electron chi connectivity index (χ1n) is 22.8. The Kier molecular flexibility index (Phi) is 9.61. The van der Waals surface area contributed by atoms with Crippen LogP contribution in [0.3, 0.4) is 0 Å². The van der Waals surface area contributed by atoms with Gasteiger partial charge in [-0.1, -0.05) is 146 Å². The van der Waals surface area contributed by atoms with E-state index in [1.807, 2.05) is 73.6 Å². The van der Waals surface area contributed by atoms with Crippen LogP contribution in [-0.2, 0) is 0 Å². The summed E-state index contributed by atoms with van der Waals surface area (Å²) in [4.78, 5) is 30.0. The van der Waals surface area contributed by atoms with Gasteiger partial charge < -0.3 is 0 Å². The molecule has 0 aliphatic carbocycles. The van der Waals surface area contributed by atoms with Gasteiger partial charge in [-0.2, -0.15) is 0 Å². The van der Waals surface area contributed by atoms with Gasteiger partial charge in [0.25, 0.3) is 0 Å². The van der Waals surface area contributed by atoms with Crippen molar-refractivity contribution in [3.8, 4) is 84.6 Å². The van der Waals surface area contributed by atoms with Crippen LogP contribution in [0.5, 0.6) is 0 Å². The van der Waals surface area contributed by atoms with Gasteiger partial charge in [0, 0.05) is 52.0 Å². The molecule has 0 amide bonds. The molecule has 0 unspecified atom stereocenters. The second kappa shape index (κ2) is 16.7. The maximum Gasteiger partial charge on any atom is 0.145 e. The highest BCUT2D eigenvalue weighted by Crippen LogP contribution is 2.42. The summed E-state index contributed by atoms with van der Waals surface area (Å²) in [7, 11) is 0. The standard InChI is InChI=1S/C60H39N9/c1-4-16-40(17-5-1)46-22-10-13-25-52(46)67-55-28-31-61-37-49(55)64-58(67)43-34-44(59-65-50-38-62-32-29-56(50)68(59)53-26-14-11-23-47(53)41-18-6-2-7-19-41)36-45(35-43)60-66-51-39-63-33-30-57(51)69(60)54-27-15-12-24-48(54)42-20-8-3-9-21-42/h1-39H. The van der Waals surface area contributed by atoms with Gasteiger partial charge in [-0.3, -0.25) is 28.7 Å². The molecule has 0 radical (unpaired) electrons. The number of para-hydroxylation sites is 3. The molecule has 0 saturated carbocycles. The van der Waals surface area contributed by atoms with Gasteiger partial charge in [-0.25, -0.2) is 15.0 Å². The zero-order chi connectivity index (χ0) is 45.7. The van der Waals surface area contributed by atoms with Crippen LogP contribution < -0.4 is 0 Å². The first-order chi connectivity index (χ1) is 34.2. The minimum absolute atomic E-state index is 0.743. The van der Waals surface area contributed by atoms with E-state index < -0.39 is 0 Å². The molecule has 6 aromatic heterocycles. The lowest BCUT2D eigenvalue weighted by molar-refractivity contribution is 1.09. The lowest BCUT2D eigenvalue weighted by atomic mass is 10.0. The van der Waals surface area contributed by atoms with Gasteiger partial charge in [-0.05, 0) is 71.3 Å². The number of fused-ring (bicyclic) bond motifs is 3. The van der Waals surface area contributed by atoms with Crippen LogP contribution in [0.15, 0.2) is 237 Å². The Morgan fingerprint density at radius 3 is 0.841 bits per heavy atom. The second-order valence-corrected chi connectivity index (χ2v) is 16.9. The Bertz CT molecular complexity index is 3590. The highest BCUT2D eigenvalue weighted by Gasteiger charge is 2.25. The Hall–Kier alpha value is -9.60. The van der Waals surface area contributed by atoms with E-state index in [9.17, 15) is 0 Å². The van der Waals surface area contributed by atoms with Crippen LogP contribution in [0, 0.1) is 0 Å². The van der Waals surface area contributed by atoms with Crippen LogP contribution >= 0.6 is 0 Å². The first kappa shape index (κ1) is 39.7. The summed E-state index contributed by atoms with van der Waals surface area (Å²) >= 11 is 0. The summed E-state index contributed by atoms with van der Waals surface area (Å²) in [5.41, 5.74) is 17.2. The third-order valence-electron chi connectivity index (χ3n) is 12.8. The summed E-state index contributed by atoms with van der Waals surface area (Å²) in [5, 5.41) is 0. The lowest BCUT2D eigenvalue weighted by Crippen LogP contribution is -2.04. The summed E-state index contributed by atoms with van der Waals surface area (Å²) in [6.07, 6.45) is 11.0. The zero-order valence-electron chi connectivity index (χ0n) is 37.0. The molecule has 0 N–H and O–H groups in total. The summed E-state index contributed by atoms with van der Waals surface area (Å²) in [6, 6.07) is 69.8. The molecule has 0 fully saturated rings. The van der Waals surface area contributed by atoms with E-state index >= 15 is 0 Å². The molecule has 324 valence electrons. The molecule has 0 spiro atoms. The Morgan fingerprint density at radius 1 is 0.261 bits per heavy atom. The Balaban J connectivity index is 1.14. The van der Waals surface area contributed by atoms with Gasteiger partial charge >= 0.3 is 0 Å². The van der Waals surface area contributed by atoms with Crippen LogP contribution in [-0.4, -0.2) is 43.6 Å². The van der Waals surface area contributed by atoms with E-state index in [2.05, 4.69) is 192 Å². The summed E-state index contributed by atoms with van der Waals surface area (Å²) in [5.74, 6) is 2.23. The SMILES string of the molecule is c1ccc(-c2ccccc2-n2c(-c3cc(-c4nc5cnccc5n4-c4ccccc4-c4ccccc4)cc(-c4nc5cnccc5n4-c4ccccc4-c4ccccc4)c3)nc3cnccc32)cc1. The van der Waals surface area contributed by atoms with Crippen LogP contribution in [0.1, 0.15) is 0 Å². The molecule has 13 aromatic rings. The van der Waals surface area contributed by atoms with E-state index in [0.717, 1.165) is 118 Å². The van der Waals surface area contributed by atoms with Gasteiger partial charge in [0.05, 0.1) is 52.2 Å². The molecule has 0 atom stereocenters. The topological polar surface area (TPSA) is 92.1 Å². The molecular formula is C60H39N9. The normalized spacial score (nSPS) is 11.5. The minimum Gasteiger partial charge on any atom is -0.292 e. The second-order valence-electron chi connectivity index (χ2n) is 16.9. The largest absolute Gasteiger partial charge is 0.292 e. The quantitative estimate of drug-likeness (QED) is 0.143. The maximum absolute atomic E-state index is 5.44. The molecule has 0 aliphatic heterocycles. The van der Waals surface area contributed by atoms with Crippen LogP contribution in [0.2, 0.25) is 0 Å². The van der Waals surface area contributed by atoms with E-state index in [1.54, 1.807) is 0 Å². The van der Waals surface area contributed by atoms with Crippen molar-refractivity contribution in [3.63, 3.8) is 0 Å². The number of hydrogen-bond acceptors (Lipinski definition) is 6. The average molecular weight is 886 g/mol. The van der Waals surface area contributed by atoms with E-state index in [4.69, 9.17) is 15.0 Å². The van der Waals surface area contributed by atoms with E-state index in [1.165, 1.54) is 0 Å². The molecule has 0 saturated heterocycles. The van der Waals surface area contributed by atoms with Gasteiger partial charge in [0.1, 0.15) is 34.0 Å². The molecule has 13 rings (SSSR count). The highest BCUT2D eigenvalue weighted by atomic mass is 15.1. The Morgan fingerprint density at radius 2 is 0.536 bits per heavy atom. The number of rotatable bonds is 9. The fraction of sp³-hybridized carbons (Fsp3) is 0. The third kappa shape index (κ3) is 6.87. The average Bonchev–Trinajstić information content (AvgIpc) is 4.14. The lowest BCUT2D eigenvalue weighted by Gasteiger charge is -2.18. The maximum atomic E-state index is 5.44. The molecule has 9 heteroatoms. The van der Waals surface area contributed by atoms with Gasteiger partial charge in [0.2, 0.25) is 0 Å². The van der Waals surface area contributed by atoms with Crippen molar-refractivity contribution in [2.45, 2.75) is 0 Å². The number of pyridine rings is 3. The van der Waals surface area contributed by atoms with Crippen molar-refractivity contribution < 1.29 is 0 Å². The molecule has 0 aliphatic rings. The number of aromatic nitrogens is 9. The van der Waals surface area contributed by atoms with Crippen molar-refractivity contribution >= 4 is 33.1 Å². The minimum atomic E-state index is 0.743. The predicted octanol–water partition coefficient (Wildman–Crippen LogP) is 13.9. The first-order valence-corrected chi connectivity index (χ1v) is 22.8. The fourth-order valence-electron chi connectivity index (χ4n) is 9.72. The molecule has 9 nitrogen and oxygen atoms in total. The van der Waals surface area contributed by atoms with Crippen molar-refractivity contribution in [1.29, 1.82) is 0 Å². The number of nitrogens with zero attached hydrogens (tertiary/aromatic N) is 9. The number of hydrogen-bond donors (Lipinski definition) is 0. The number of imidazole rings is 3. The molecule has 7 aromatic carbocycles. The Labute approximate surface area is 397 Å². The number of benzene rings is 7. The van der Waals surface area contributed by atoms with Crippen molar-refractivity contribution in [1.82, 2.24) is 43.6 Å². The van der Waals surface area contributed by atoms with E-state index in [-0.39, 0.29) is 0 Å². The van der Waals surface area contributed by atoms with Crippen molar-refractivity contribution in [2.75, 3.05) is 0 Å². The molecular weight excluding hydrogens is 847 g/mol. The summed E-state index contributed by atoms with van der Waals surface area (Å²) in [6.45, 7) is 0. The van der Waals surface area contributed by atoms with Crippen molar-refractivity contribution in [2.24, 2.45) is 0 Å². The fourth-order valence-corrected chi connectivity index (χ4v) is 9.72.